The van der Waals surface area contributed by atoms with Gasteiger partial charge in [-0.1, -0.05) is 23.5 Å². The zero-order valence-electron chi connectivity index (χ0n) is 9.35. The van der Waals surface area contributed by atoms with E-state index in [1.165, 1.54) is 0 Å². The Morgan fingerprint density at radius 3 is 2.38 bits per heavy atom. The van der Waals surface area contributed by atoms with Crippen molar-refractivity contribution in [2.75, 3.05) is 11.9 Å². The van der Waals surface area contributed by atoms with Gasteiger partial charge in [-0.3, -0.25) is 0 Å². The van der Waals surface area contributed by atoms with E-state index in [1.54, 1.807) is 0 Å². The van der Waals surface area contributed by atoms with Crippen molar-refractivity contribution in [1.29, 1.82) is 0 Å². The molecule has 2 heteroatoms. The van der Waals surface area contributed by atoms with Crippen molar-refractivity contribution in [2.45, 2.75) is 0 Å². The van der Waals surface area contributed by atoms with Gasteiger partial charge < -0.3 is 4.90 Å². The molecule has 0 amide bonds. The molecule has 0 aliphatic rings. The maximum atomic E-state index is 4.01. The molecule has 2 rings (SSSR count). The van der Waals surface area contributed by atoms with Gasteiger partial charge in [-0.25, -0.2) is 0 Å². The van der Waals surface area contributed by atoms with Crippen LogP contribution in [-0.2, 0) is 32.7 Å². The van der Waals surface area contributed by atoms with Gasteiger partial charge in [0.2, 0.25) is 0 Å². The van der Waals surface area contributed by atoms with E-state index in [0.29, 0.717) is 0 Å². The topological polar surface area (TPSA) is 3.24 Å². The maximum absolute atomic E-state index is 4.01. The van der Waals surface area contributed by atoms with Crippen molar-refractivity contribution in [1.82, 2.24) is 0 Å². The summed E-state index contributed by atoms with van der Waals surface area (Å²) in [6.45, 7) is 4.01. The molecule has 16 heavy (non-hydrogen) atoms. The number of hydrogen-bond donors (Lipinski definition) is 0. The minimum absolute atomic E-state index is 0. The SMILES string of the molecule is [CH2-]c1ccccc1N(C)c1[c-]cccc1.[Y]. The predicted molar refractivity (Wildman–Crippen MR) is 64.2 cm³/mol. The van der Waals surface area contributed by atoms with Crippen molar-refractivity contribution in [2.24, 2.45) is 0 Å². The first-order valence-electron chi connectivity index (χ1n) is 4.90. The number of benzene rings is 2. The Hall–Kier alpha value is -0.786. The first kappa shape index (κ1) is 13.3. The molecule has 79 valence electrons. The summed E-state index contributed by atoms with van der Waals surface area (Å²) < 4.78 is 0. The number of rotatable bonds is 2. The van der Waals surface area contributed by atoms with Crippen LogP contribution in [0.15, 0.2) is 48.5 Å². The smallest absolute Gasteiger partial charge is 0 e. The van der Waals surface area contributed by atoms with Crippen LogP contribution in [0.4, 0.5) is 11.4 Å². The van der Waals surface area contributed by atoms with Crippen molar-refractivity contribution in [3.63, 3.8) is 0 Å². The van der Waals surface area contributed by atoms with Crippen molar-refractivity contribution >= 4 is 11.4 Å². The summed E-state index contributed by atoms with van der Waals surface area (Å²) >= 11 is 0. The molecule has 0 atom stereocenters. The molecule has 2 aromatic carbocycles. The monoisotopic (exact) mass is 284 g/mol. The molecular weight excluding hydrogens is 271 g/mol. The Bertz CT molecular complexity index is 439. The van der Waals surface area contributed by atoms with Crippen LogP contribution in [0.5, 0.6) is 0 Å². The van der Waals surface area contributed by atoms with Crippen LogP contribution in [0.25, 0.3) is 0 Å². The van der Waals surface area contributed by atoms with Gasteiger partial charge in [0.25, 0.3) is 0 Å². The van der Waals surface area contributed by atoms with Crippen LogP contribution in [0.2, 0.25) is 0 Å². The van der Waals surface area contributed by atoms with Crippen molar-refractivity contribution < 1.29 is 32.7 Å². The van der Waals surface area contributed by atoms with E-state index in [-0.39, 0.29) is 32.7 Å². The zero-order valence-corrected chi connectivity index (χ0v) is 12.2. The van der Waals surface area contributed by atoms with Gasteiger partial charge >= 0.3 is 0 Å². The third-order valence-corrected chi connectivity index (χ3v) is 2.41. The van der Waals surface area contributed by atoms with E-state index in [4.69, 9.17) is 0 Å². The molecule has 1 nitrogen and oxygen atoms in total. The second-order valence-electron chi connectivity index (χ2n) is 3.44. The number of nitrogens with zero attached hydrogens (tertiary/aromatic N) is 1. The second kappa shape index (κ2) is 6.07. The summed E-state index contributed by atoms with van der Waals surface area (Å²) in [5.41, 5.74) is 3.19. The van der Waals surface area contributed by atoms with Gasteiger partial charge in [-0.15, -0.1) is 12.1 Å². The minimum Gasteiger partial charge on any atom is -0.418 e. The fourth-order valence-electron chi connectivity index (χ4n) is 1.56. The molecule has 0 bridgehead atoms. The van der Waals surface area contributed by atoms with E-state index < -0.39 is 0 Å². The molecular formula is C14H13NY-2. The molecule has 2 aromatic rings. The molecule has 0 saturated carbocycles. The van der Waals surface area contributed by atoms with Crippen LogP contribution in [0.1, 0.15) is 5.56 Å². The zero-order chi connectivity index (χ0) is 10.7. The van der Waals surface area contributed by atoms with E-state index in [2.05, 4.69) is 24.0 Å². The third kappa shape index (κ3) is 2.87. The molecule has 0 aliphatic carbocycles. The molecule has 1 radical (unpaired) electrons. The average molecular weight is 284 g/mol. The van der Waals surface area contributed by atoms with E-state index in [9.17, 15) is 0 Å². The van der Waals surface area contributed by atoms with E-state index in [1.807, 2.05) is 49.5 Å². The van der Waals surface area contributed by atoms with Crippen LogP contribution in [0.3, 0.4) is 0 Å². The Morgan fingerprint density at radius 2 is 1.75 bits per heavy atom. The first-order valence-corrected chi connectivity index (χ1v) is 4.90. The Morgan fingerprint density at radius 1 is 1.06 bits per heavy atom. The fraction of sp³-hybridized carbons (Fsp3) is 0.0714. The summed E-state index contributed by atoms with van der Waals surface area (Å²) in [6.07, 6.45) is 0. The molecule has 0 fully saturated rings. The Labute approximate surface area is 122 Å². The van der Waals surface area contributed by atoms with E-state index >= 15 is 0 Å². The molecule has 0 N–H and O–H groups in total. The molecule has 0 heterocycles. The summed E-state index contributed by atoms with van der Waals surface area (Å²) in [6, 6.07) is 19.2. The standard InChI is InChI=1S/C14H13N.Y/c1-12-8-6-7-11-14(12)15(2)13-9-4-3-5-10-13;/h3-9,11H,1H2,2H3;/q-2;. The molecule has 0 aromatic heterocycles. The maximum Gasteiger partial charge on any atom is 0 e. The number of para-hydroxylation sites is 2. The van der Waals surface area contributed by atoms with Gasteiger partial charge in [0.1, 0.15) is 0 Å². The number of anilines is 2. The van der Waals surface area contributed by atoms with Gasteiger partial charge in [0.15, 0.2) is 0 Å². The van der Waals surface area contributed by atoms with Crippen LogP contribution >= 0.6 is 0 Å². The summed E-state index contributed by atoms with van der Waals surface area (Å²) in [4.78, 5) is 2.09. The Balaban J connectivity index is 0.00000128. The van der Waals surface area contributed by atoms with Crippen molar-refractivity contribution in [3.8, 4) is 0 Å². The number of hydrogen-bond acceptors (Lipinski definition) is 1. The molecule has 0 aliphatic heterocycles. The van der Waals surface area contributed by atoms with Gasteiger partial charge in [0, 0.05) is 32.7 Å². The van der Waals surface area contributed by atoms with Crippen LogP contribution in [0, 0.1) is 13.0 Å². The summed E-state index contributed by atoms with van der Waals surface area (Å²) in [5.74, 6) is 0. The normalized spacial score (nSPS) is 9.31. The largest absolute Gasteiger partial charge is 0.418 e. The van der Waals surface area contributed by atoms with Gasteiger partial charge in [-0.05, 0) is 7.05 Å². The average Bonchev–Trinajstić information content (AvgIpc) is 2.30. The third-order valence-electron chi connectivity index (χ3n) is 2.41. The fourth-order valence-corrected chi connectivity index (χ4v) is 1.56. The second-order valence-corrected chi connectivity index (χ2v) is 3.44. The quantitative estimate of drug-likeness (QED) is 0.764. The van der Waals surface area contributed by atoms with Gasteiger partial charge in [0.05, 0.1) is 0 Å². The first-order chi connectivity index (χ1) is 7.29. The van der Waals surface area contributed by atoms with Gasteiger partial charge in [-0.2, -0.15) is 42.8 Å². The Kier molecular flexibility index (Phi) is 5.04. The van der Waals surface area contributed by atoms with E-state index in [0.717, 1.165) is 16.9 Å². The molecule has 0 saturated heterocycles. The summed E-state index contributed by atoms with van der Waals surface area (Å²) in [5, 5.41) is 0. The van der Waals surface area contributed by atoms with Crippen LogP contribution < -0.4 is 4.90 Å². The molecule has 0 unspecified atom stereocenters. The predicted octanol–water partition coefficient (Wildman–Crippen LogP) is 3.43. The molecule has 0 spiro atoms. The summed E-state index contributed by atoms with van der Waals surface area (Å²) in [7, 11) is 2.02. The van der Waals surface area contributed by atoms with Crippen LogP contribution in [-0.4, -0.2) is 7.05 Å². The van der Waals surface area contributed by atoms with Crippen molar-refractivity contribution in [3.05, 3.63) is 67.1 Å². The minimum atomic E-state index is 0.